The lowest BCUT2D eigenvalue weighted by Gasteiger charge is -2.35. The number of hydrogen-bond acceptors (Lipinski definition) is 2. The zero-order valence-electron chi connectivity index (χ0n) is 16.0. The predicted octanol–water partition coefficient (Wildman–Crippen LogP) is 4.60. The lowest BCUT2D eigenvalue weighted by Crippen LogP contribution is -2.48. The summed E-state index contributed by atoms with van der Waals surface area (Å²) in [4.78, 5) is 20.4. The van der Waals surface area contributed by atoms with E-state index in [0.29, 0.717) is 12.3 Å². The molecule has 0 saturated carbocycles. The fraction of sp³-hybridized carbons (Fsp3) is 0.348. The van der Waals surface area contributed by atoms with Crippen LogP contribution < -0.4 is 0 Å². The van der Waals surface area contributed by atoms with Gasteiger partial charge in [0.1, 0.15) is 0 Å². The maximum atomic E-state index is 12.6. The number of hydrogen-bond donors (Lipinski definition) is 1. The molecule has 0 atom stereocenters. The molecule has 1 fully saturated rings. The number of benzene rings is 2. The summed E-state index contributed by atoms with van der Waals surface area (Å²) in [5, 5.41) is 1.27. The Bertz CT molecular complexity index is 944. The van der Waals surface area contributed by atoms with Gasteiger partial charge >= 0.3 is 0 Å². The van der Waals surface area contributed by atoms with Gasteiger partial charge in [0.2, 0.25) is 5.91 Å². The molecule has 0 bridgehead atoms. The molecule has 1 aliphatic heterocycles. The zero-order valence-corrected chi connectivity index (χ0v) is 17.6. The molecule has 1 amide bonds. The minimum absolute atomic E-state index is 0.292. The standard InChI is InChI=1S/C23H26BrN3O/c24-21-9-3-1-6-19(21)17-26-12-14-27(15-13-26)23(28)11-5-7-18-16-25-22-10-4-2-8-20(18)22/h1-4,6,8-10,16,25H,5,7,11-15,17H2. The number of nitrogens with zero attached hydrogens (tertiary/aromatic N) is 2. The highest BCUT2D eigenvalue weighted by Crippen LogP contribution is 2.21. The molecule has 2 heterocycles. The van der Waals surface area contributed by atoms with Gasteiger partial charge in [-0.15, -0.1) is 0 Å². The van der Waals surface area contributed by atoms with Crippen molar-refractivity contribution in [3.05, 3.63) is 70.3 Å². The second kappa shape index (κ2) is 8.93. The van der Waals surface area contributed by atoms with E-state index >= 15 is 0 Å². The molecule has 0 aliphatic carbocycles. The van der Waals surface area contributed by atoms with Crippen molar-refractivity contribution < 1.29 is 4.79 Å². The van der Waals surface area contributed by atoms with E-state index in [1.54, 1.807) is 0 Å². The first-order chi connectivity index (χ1) is 13.7. The van der Waals surface area contributed by atoms with Crippen LogP contribution in [0.5, 0.6) is 0 Å². The highest BCUT2D eigenvalue weighted by molar-refractivity contribution is 9.10. The molecule has 1 aliphatic rings. The Kier molecular flexibility index (Phi) is 6.13. The number of para-hydroxylation sites is 1. The number of rotatable bonds is 6. The number of amides is 1. The van der Waals surface area contributed by atoms with Crippen molar-refractivity contribution in [2.24, 2.45) is 0 Å². The number of fused-ring (bicyclic) bond motifs is 1. The SMILES string of the molecule is O=C(CCCc1c[nH]c2ccccc12)N1CCN(Cc2ccccc2Br)CC1. The number of aromatic amines is 1. The van der Waals surface area contributed by atoms with Gasteiger partial charge < -0.3 is 9.88 Å². The number of nitrogens with one attached hydrogen (secondary N) is 1. The van der Waals surface area contributed by atoms with E-state index in [2.05, 4.69) is 68.4 Å². The van der Waals surface area contributed by atoms with Crippen LogP contribution in [0.15, 0.2) is 59.2 Å². The first kappa shape index (κ1) is 19.2. The molecule has 1 aromatic heterocycles. The van der Waals surface area contributed by atoms with Crippen LogP contribution in [0, 0.1) is 0 Å². The van der Waals surface area contributed by atoms with Crippen molar-refractivity contribution in [3.63, 3.8) is 0 Å². The van der Waals surface area contributed by atoms with Crippen LogP contribution in [-0.4, -0.2) is 46.9 Å². The molecule has 1 N–H and O–H groups in total. The summed E-state index contributed by atoms with van der Waals surface area (Å²) in [5.41, 5.74) is 3.78. The Morgan fingerprint density at radius 3 is 2.54 bits per heavy atom. The molecule has 0 spiro atoms. The summed E-state index contributed by atoms with van der Waals surface area (Å²) in [5.74, 6) is 0.292. The van der Waals surface area contributed by atoms with Gasteiger partial charge in [-0.25, -0.2) is 0 Å². The third-order valence-electron chi connectivity index (χ3n) is 5.59. The molecule has 0 radical (unpaired) electrons. The van der Waals surface area contributed by atoms with E-state index in [1.807, 2.05) is 17.0 Å². The Balaban J connectivity index is 1.22. The van der Waals surface area contributed by atoms with Crippen LogP contribution in [0.1, 0.15) is 24.0 Å². The normalized spacial score (nSPS) is 15.2. The lowest BCUT2D eigenvalue weighted by molar-refractivity contribution is -0.133. The van der Waals surface area contributed by atoms with E-state index < -0.39 is 0 Å². The van der Waals surface area contributed by atoms with E-state index in [4.69, 9.17) is 0 Å². The van der Waals surface area contributed by atoms with Gasteiger partial charge in [-0.05, 0) is 36.1 Å². The lowest BCUT2D eigenvalue weighted by atomic mass is 10.1. The van der Waals surface area contributed by atoms with E-state index in [9.17, 15) is 4.79 Å². The van der Waals surface area contributed by atoms with Gasteiger partial charge in [-0.2, -0.15) is 0 Å². The van der Waals surface area contributed by atoms with Gasteiger partial charge in [0, 0.05) is 60.7 Å². The van der Waals surface area contributed by atoms with Crippen LogP contribution in [0.25, 0.3) is 10.9 Å². The van der Waals surface area contributed by atoms with Crippen molar-refractivity contribution in [1.82, 2.24) is 14.8 Å². The number of aryl methyl sites for hydroxylation is 1. The third kappa shape index (κ3) is 4.47. The fourth-order valence-electron chi connectivity index (χ4n) is 3.95. The van der Waals surface area contributed by atoms with Crippen molar-refractivity contribution in [1.29, 1.82) is 0 Å². The summed E-state index contributed by atoms with van der Waals surface area (Å²) in [7, 11) is 0. The molecule has 1 saturated heterocycles. The van der Waals surface area contributed by atoms with Gasteiger partial charge in [0.05, 0.1) is 0 Å². The average Bonchev–Trinajstić information content (AvgIpc) is 3.13. The Morgan fingerprint density at radius 2 is 1.71 bits per heavy atom. The van der Waals surface area contributed by atoms with Gasteiger partial charge in [-0.1, -0.05) is 52.3 Å². The topological polar surface area (TPSA) is 39.3 Å². The molecule has 0 unspecified atom stereocenters. The summed E-state index contributed by atoms with van der Waals surface area (Å²) in [6.07, 6.45) is 4.55. The molecule has 4 rings (SSSR count). The van der Waals surface area contributed by atoms with Crippen molar-refractivity contribution >= 4 is 32.7 Å². The van der Waals surface area contributed by atoms with Crippen LogP contribution in [0.4, 0.5) is 0 Å². The third-order valence-corrected chi connectivity index (χ3v) is 6.36. The molecule has 28 heavy (non-hydrogen) atoms. The molecule has 4 nitrogen and oxygen atoms in total. The number of halogens is 1. The summed E-state index contributed by atoms with van der Waals surface area (Å²) in [6.45, 7) is 4.47. The highest BCUT2D eigenvalue weighted by atomic mass is 79.9. The van der Waals surface area contributed by atoms with Gasteiger partial charge in [-0.3, -0.25) is 9.69 Å². The molecule has 5 heteroatoms. The van der Waals surface area contributed by atoms with Crippen LogP contribution in [-0.2, 0) is 17.8 Å². The highest BCUT2D eigenvalue weighted by Gasteiger charge is 2.21. The maximum absolute atomic E-state index is 12.6. The largest absolute Gasteiger partial charge is 0.361 e. The minimum atomic E-state index is 0.292. The number of carbonyl (C=O) groups excluding carboxylic acids is 1. The zero-order chi connectivity index (χ0) is 19.3. The molecule has 146 valence electrons. The van der Waals surface area contributed by atoms with E-state index in [1.165, 1.54) is 22.0 Å². The minimum Gasteiger partial charge on any atom is -0.361 e. The molecule has 3 aromatic rings. The first-order valence-electron chi connectivity index (χ1n) is 9.99. The van der Waals surface area contributed by atoms with Crippen molar-refractivity contribution in [2.75, 3.05) is 26.2 Å². The smallest absolute Gasteiger partial charge is 0.222 e. The second-order valence-electron chi connectivity index (χ2n) is 7.46. The van der Waals surface area contributed by atoms with E-state index in [-0.39, 0.29) is 0 Å². The van der Waals surface area contributed by atoms with Crippen molar-refractivity contribution in [2.45, 2.75) is 25.8 Å². The predicted molar refractivity (Wildman–Crippen MR) is 117 cm³/mol. The second-order valence-corrected chi connectivity index (χ2v) is 8.32. The first-order valence-corrected chi connectivity index (χ1v) is 10.8. The quantitative estimate of drug-likeness (QED) is 0.609. The van der Waals surface area contributed by atoms with Crippen molar-refractivity contribution in [3.8, 4) is 0 Å². The van der Waals surface area contributed by atoms with Crippen LogP contribution >= 0.6 is 15.9 Å². The molecular weight excluding hydrogens is 414 g/mol. The Hall–Kier alpha value is -2.11. The number of carbonyl (C=O) groups is 1. The summed E-state index contributed by atoms with van der Waals surface area (Å²) in [6, 6.07) is 16.7. The van der Waals surface area contributed by atoms with Crippen LogP contribution in [0.3, 0.4) is 0 Å². The summed E-state index contributed by atoms with van der Waals surface area (Å²) < 4.78 is 1.16. The molecule has 2 aromatic carbocycles. The number of aromatic nitrogens is 1. The summed E-state index contributed by atoms with van der Waals surface area (Å²) >= 11 is 3.62. The van der Waals surface area contributed by atoms with Crippen LogP contribution in [0.2, 0.25) is 0 Å². The molecular formula is C23H26BrN3O. The maximum Gasteiger partial charge on any atom is 0.222 e. The monoisotopic (exact) mass is 439 g/mol. The van der Waals surface area contributed by atoms with E-state index in [0.717, 1.165) is 50.0 Å². The van der Waals surface area contributed by atoms with Gasteiger partial charge in [0.25, 0.3) is 0 Å². The number of H-pyrrole nitrogens is 1. The fourth-order valence-corrected chi connectivity index (χ4v) is 4.36. The van der Waals surface area contributed by atoms with Gasteiger partial charge in [0.15, 0.2) is 0 Å². The average molecular weight is 440 g/mol. The number of piperazine rings is 1. The Morgan fingerprint density at radius 1 is 0.964 bits per heavy atom. The Labute approximate surface area is 174 Å².